The van der Waals surface area contributed by atoms with Gasteiger partial charge in [-0.2, -0.15) is 4.98 Å². The van der Waals surface area contributed by atoms with Crippen LogP contribution in [0.25, 0.3) is 0 Å². The van der Waals surface area contributed by atoms with Crippen molar-refractivity contribution >= 4 is 0 Å². The second-order valence-corrected chi connectivity index (χ2v) is 4.69. The Morgan fingerprint density at radius 1 is 1.26 bits per heavy atom. The van der Waals surface area contributed by atoms with Crippen molar-refractivity contribution in [3.8, 4) is 0 Å². The maximum Gasteiger partial charge on any atom is 0.231 e. The highest BCUT2D eigenvalue weighted by Crippen LogP contribution is 2.21. The summed E-state index contributed by atoms with van der Waals surface area (Å²) >= 11 is 0. The monoisotopic (exact) mass is 265 g/mol. The Morgan fingerprint density at radius 2 is 2.05 bits per heavy atom. The smallest absolute Gasteiger partial charge is 0.231 e. The van der Waals surface area contributed by atoms with Crippen LogP contribution in [0.15, 0.2) is 22.7 Å². The molecule has 19 heavy (non-hydrogen) atoms. The van der Waals surface area contributed by atoms with Crippen molar-refractivity contribution in [2.75, 3.05) is 13.1 Å². The third-order valence-electron chi connectivity index (χ3n) is 3.18. The number of rotatable bonds is 3. The van der Waals surface area contributed by atoms with Crippen molar-refractivity contribution in [2.24, 2.45) is 0 Å². The van der Waals surface area contributed by atoms with Crippen LogP contribution in [0.2, 0.25) is 0 Å². The van der Waals surface area contributed by atoms with Gasteiger partial charge in [0, 0.05) is 19.0 Å². The summed E-state index contributed by atoms with van der Waals surface area (Å²) in [4.78, 5) is 4.28. The molecule has 2 heterocycles. The van der Waals surface area contributed by atoms with E-state index >= 15 is 0 Å². The molecule has 1 aromatic heterocycles. The molecule has 1 N–H and O–H groups in total. The highest BCUT2D eigenvalue weighted by Gasteiger charge is 2.22. The first-order valence-corrected chi connectivity index (χ1v) is 6.19. The van der Waals surface area contributed by atoms with Crippen LogP contribution >= 0.6 is 0 Å². The van der Waals surface area contributed by atoms with E-state index in [2.05, 4.69) is 15.5 Å². The second kappa shape index (κ2) is 5.05. The van der Waals surface area contributed by atoms with E-state index in [9.17, 15) is 8.78 Å². The summed E-state index contributed by atoms with van der Waals surface area (Å²) in [5.74, 6) is 0.0895. The standard InChI is InChI=1S/C13H13F2N3O/c14-10-3-8(4-11(15)6-10)5-12-17-13(19-18-12)9-1-2-16-7-9/h3-4,6,9,16H,1-2,5,7H2. The molecule has 0 saturated carbocycles. The zero-order valence-corrected chi connectivity index (χ0v) is 10.2. The van der Waals surface area contributed by atoms with Gasteiger partial charge in [-0.3, -0.25) is 0 Å². The molecule has 0 bridgehead atoms. The zero-order chi connectivity index (χ0) is 13.2. The molecule has 100 valence electrons. The van der Waals surface area contributed by atoms with Crippen LogP contribution in [0.1, 0.15) is 29.6 Å². The van der Waals surface area contributed by atoms with E-state index in [1.54, 1.807) is 0 Å². The maximum absolute atomic E-state index is 13.1. The van der Waals surface area contributed by atoms with Gasteiger partial charge in [0.05, 0.1) is 5.92 Å². The lowest BCUT2D eigenvalue weighted by atomic mass is 10.1. The molecule has 4 nitrogen and oxygen atoms in total. The van der Waals surface area contributed by atoms with Crippen molar-refractivity contribution in [1.82, 2.24) is 15.5 Å². The molecule has 0 radical (unpaired) electrons. The average Bonchev–Trinajstić information content (AvgIpc) is 2.96. The highest BCUT2D eigenvalue weighted by molar-refractivity contribution is 5.21. The van der Waals surface area contributed by atoms with Crippen LogP contribution in [0.3, 0.4) is 0 Å². The summed E-state index contributed by atoms with van der Waals surface area (Å²) in [7, 11) is 0. The van der Waals surface area contributed by atoms with E-state index in [4.69, 9.17) is 4.52 Å². The topological polar surface area (TPSA) is 51.0 Å². The number of nitrogens with one attached hydrogen (secondary N) is 1. The van der Waals surface area contributed by atoms with Crippen LogP contribution < -0.4 is 5.32 Å². The minimum atomic E-state index is -0.598. The molecule has 0 aliphatic carbocycles. The molecule has 1 atom stereocenters. The molecule has 1 aromatic carbocycles. The Hall–Kier alpha value is -1.82. The summed E-state index contributed by atoms with van der Waals surface area (Å²) < 4.78 is 31.3. The molecule has 3 rings (SSSR count). The Bertz CT molecular complexity index is 559. The lowest BCUT2D eigenvalue weighted by Crippen LogP contribution is -2.08. The van der Waals surface area contributed by atoms with Crippen LogP contribution in [0.5, 0.6) is 0 Å². The van der Waals surface area contributed by atoms with Crippen molar-refractivity contribution in [1.29, 1.82) is 0 Å². The summed E-state index contributed by atoms with van der Waals surface area (Å²) in [5.41, 5.74) is 0.495. The first kappa shape index (κ1) is 12.2. The lowest BCUT2D eigenvalue weighted by molar-refractivity contribution is 0.355. The number of hydrogen-bond donors (Lipinski definition) is 1. The molecule has 0 spiro atoms. The maximum atomic E-state index is 13.1. The Kier molecular flexibility index (Phi) is 3.25. The van der Waals surface area contributed by atoms with Gasteiger partial charge in [-0.1, -0.05) is 5.16 Å². The fourth-order valence-electron chi connectivity index (χ4n) is 2.27. The summed E-state index contributed by atoms with van der Waals surface area (Å²) in [6, 6.07) is 3.39. The van der Waals surface area contributed by atoms with E-state index in [1.807, 2.05) is 0 Å². The minimum absolute atomic E-state index is 0.241. The molecule has 1 aliphatic rings. The molecule has 1 fully saturated rings. The summed E-state index contributed by atoms with van der Waals surface area (Å²) in [6.07, 6.45) is 1.23. The van der Waals surface area contributed by atoms with Crippen molar-refractivity contribution in [3.63, 3.8) is 0 Å². The third-order valence-corrected chi connectivity index (χ3v) is 3.18. The fourth-order valence-corrected chi connectivity index (χ4v) is 2.27. The number of nitrogens with zero attached hydrogens (tertiary/aromatic N) is 2. The average molecular weight is 265 g/mol. The largest absolute Gasteiger partial charge is 0.339 e. The molecule has 1 unspecified atom stereocenters. The molecule has 6 heteroatoms. The zero-order valence-electron chi connectivity index (χ0n) is 10.2. The van der Waals surface area contributed by atoms with Crippen LogP contribution in [0, 0.1) is 11.6 Å². The van der Waals surface area contributed by atoms with Gasteiger partial charge in [0.2, 0.25) is 5.89 Å². The van der Waals surface area contributed by atoms with Gasteiger partial charge in [-0.05, 0) is 30.7 Å². The van der Waals surface area contributed by atoms with Gasteiger partial charge >= 0.3 is 0 Å². The van der Waals surface area contributed by atoms with Crippen molar-refractivity contribution < 1.29 is 13.3 Å². The number of benzene rings is 1. The Labute approximate surface area is 108 Å². The number of aromatic nitrogens is 2. The second-order valence-electron chi connectivity index (χ2n) is 4.69. The molecule has 2 aromatic rings. The minimum Gasteiger partial charge on any atom is -0.339 e. The fraction of sp³-hybridized carbons (Fsp3) is 0.385. The van der Waals surface area contributed by atoms with Crippen LogP contribution in [-0.2, 0) is 6.42 Å². The lowest BCUT2D eigenvalue weighted by Gasteiger charge is -1.99. The van der Waals surface area contributed by atoms with E-state index < -0.39 is 11.6 Å². The summed E-state index contributed by atoms with van der Waals surface area (Å²) in [5, 5.41) is 7.07. The van der Waals surface area contributed by atoms with Gasteiger partial charge in [0.1, 0.15) is 11.6 Å². The SMILES string of the molecule is Fc1cc(F)cc(Cc2noc(C3CCNC3)n2)c1. The van der Waals surface area contributed by atoms with E-state index in [-0.39, 0.29) is 12.3 Å². The van der Waals surface area contributed by atoms with Crippen LogP contribution in [-0.4, -0.2) is 23.2 Å². The normalized spacial score (nSPS) is 18.9. The number of hydrogen-bond acceptors (Lipinski definition) is 4. The highest BCUT2D eigenvalue weighted by atomic mass is 19.1. The predicted molar refractivity (Wildman–Crippen MR) is 63.7 cm³/mol. The Balaban J connectivity index is 1.76. The Morgan fingerprint density at radius 3 is 2.74 bits per heavy atom. The molecule has 0 amide bonds. The van der Waals surface area contributed by atoms with Gasteiger partial charge in [-0.25, -0.2) is 8.78 Å². The molecule has 1 saturated heterocycles. The van der Waals surface area contributed by atoms with E-state index in [1.165, 1.54) is 12.1 Å². The van der Waals surface area contributed by atoms with Gasteiger partial charge in [0.25, 0.3) is 0 Å². The number of halogens is 2. The van der Waals surface area contributed by atoms with Gasteiger partial charge in [0.15, 0.2) is 5.82 Å². The van der Waals surface area contributed by atoms with Gasteiger partial charge in [-0.15, -0.1) is 0 Å². The molecular formula is C13H13F2N3O. The van der Waals surface area contributed by atoms with Crippen molar-refractivity contribution in [3.05, 3.63) is 47.1 Å². The first-order chi connectivity index (χ1) is 9.20. The quantitative estimate of drug-likeness (QED) is 0.922. The third kappa shape index (κ3) is 2.78. The van der Waals surface area contributed by atoms with E-state index in [0.29, 0.717) is 17.3 Å². The van der Waals surface area contributed by atoms with Crippen LogP contribution in [0.4, 0.5) is 8.78 Å². The first-order valence-electron chi connectivity index (χ1n) is 6.19. The molecule has 1 aliphatic heterocycles. The molecular weight excluding hydrogens is 252 g/mol. The summed E-state index contributed by atoms with van der Waals surface area (Å²) in [6.45, 7) is 1.77. The van der Waals surface area contributed by atoms with E-state index in [0.717, 1.165) is 25.6 Å². The van der Waals surface area contributed by atoms with Gasteiger partial charge < -0.3 is 9.84 Å². The predicted octanol–water partition coefficient (Wildman–Crippen LogP) is 2.02. The van der Waals surface area contributed by atoms with Crippen molar-refractivity contribution in [2.45, 2.75) is 18.8 Å².